The van der Waals surface area contributed by atoms with E-state index in [0.29, 0.717) is 70.6 Å². The predicted octanol–water partition coefficient (Wildman–Crippen LogP) is 3.48. The monoisotopic (exact) mass is 1070 g/mol. The van der Waals surface area contributed by atoms with Crippen LogP contribution in [0.2, 0.25) is 0 Å². The van der Waals surface area contributed by atoms with Gasteiger partial charge < -0.3 is 51.8 Å². The van der Waals surface area contributed by atoms with Crippen LogP contribution in [-0.2, 0) is 13.1 Å². The molecule has 11 rings (SSSR count). The number of fused-ring (bicyclic) bond motifs is 3. The Morgan fingerprint density at radius 1 is 0.449 bits per heavy atom. The highest BCUT2D eigenvalue weighted by atomic mass is 16.5. The first-order valence-electron chi connectivity index (χ1n) is 23.7. The second-order valence-electron chi connectivity index (χ2n) is 16.6. The van der Waals surface area contributed by atoms with Gasteiger partial charge in [-0.1, -0.05) is 24.3 Å². The van der Waals surface area contributed by atoms with Gasteiger partial charge in [0.2, 0.25) is 11.5 Å². The van der Waals surface area contributed by atoms with Gasteiger partial charge in [-0.25, -0.2) is 0 Å². The van der Waals surface area contributed by atoms with Crippen molar-refractivity contribution >= 4 is 66.8 Å². The average molecular weight is 1070 g/mol. The van der Waals surface area contributed by atoms with E-state index < -0.39 is 32.6 Å². The van der Waals surface area contributed by atoms with E-state index in [1.54, 1.807) is 118 Å². The summed E-state index contributed by atoms with van der Waals surface area (Å²) < 4.78 is 14.9. The van der Waals surface area contributed by atoms with E-state index in [1.165, 1.54) is 0 Å². The molecule has 0 spiro atoms. The van der Waals surface area contributed by atoms with Gasteiger partial charge in [0.25, 0.3) is 49.3 Å². The Balaban J connectivity index is 0.000000150. The molecule has 15 N–H and O–H groups in total. The highest BCUT2D eigenvalue weighted by Crippen LogP contribution is 2.26. The fraction of sp³-hybridized carbons (Fsp3) is 0.151. The Labute approximate surface area is 437 Å². The fourth-order valence-electron chi connectivity index (χ4n) is 7.45. The quantitative estimate of drug-likeness (QED) is 0.0547. The number of ether oxygens (including phenoxy) is 3. The molecule has 3 aromatic heterocycles. The summed E-state index contributed by atoms with van der Waals surface area (Å²) in [6.45, 7) is 7.01. The zero-order valence-electron chi connectivity index (χ0n) is 41.8. The van der Waals surface area contributed by atoms with Gasteiger partial charge in [0.05, 0.1) is 52.5 Å². The minimum absolute atomic E-state index is 0.0422. The zero-order valence-corrected chi connectivity index (χ0v) is 41.8. The third kappa shape index (κ3) is 12.4. The lowest BCUT2D eigenvalue weighted by molar-refractivity contribution is 0.274. The normalized spacial score (nSPS) is 10.7. The van der Waals surface area contributed by atoms with Crippen LogP contribution < -0.4 is 90.9 Å². The number of benzene rings is 5. The number of aromatic hydroxyl groups is 2. The van der Waals surface area contributed by atoms with E-state index in [2.05, 4.69) is 46.5 Å². The molecule has 11 aromatic rings. The van der Waals surface area contributed by atoms with Crippen LogP contribution in [0, 0.1) is 0 Å². The van der Waals surface area contributed by atoms with E-state index in [0.717, 1.165) is 16.6 Å². The summed E-state index contributed by atoms with van der Waals surface area (Å²) in [7, 11) is 0. The maximum Gasteiger partial charge on any atom is 0.275 e. The predicted molar refractivity (Wildman–Crippen MR) is 297 cm³/mol. The molecule has 8 aromatic carbocycles. The molecule has 0 aliphatic rings. The summed E-state index contributed by atoms with van der Waals surface area (Å²) >= 11 is 0. The molecule has 25 nitrogen and oxygen atoms in total. The van der Waals surface area contributed by atoms with Crippen LogP contribution in [0.1, 0.15) is 31.9 Å². The molecule has 402 valence electrons. The molecule has 0 aliphatic heterocycles. The summed E-state index contributed by atoms with van der Waals surface area (Å²) in [6.07, 6.45) is 0. The van der Waals surface area contributed by atoms with Crippen LogP contribution in [-0.4, -0.2) is 60.6 Å². The van der Waals surface area contributed by atoms with Gasteiger partial charge in [-0.15, -0.1) is 0 Å². The first-order valence-corrected chi connectivity index (χ1v) is 23.7. The Bertz CT molecular complexity index is 4270. The number of anilines is 6. The number of phenolic OH excluding ortho intramolecular Hbond substituents is 2. The van der Waals surface area contributed by atoms with Gasteiger partial charge >= 0.3 is 0 Å². The van der Waals surface area contributed by atoms with Gasteiger partial charge in [-0.3, -0.25) is 73.7 Å². The van der Waals surface area contributed by atoms with Crippen molar-refractivity contribution in [2.24, 2.45) is 5.73 Å². The topological polar surface area (TPSA) is 405 Å². The standard InChI is InChI=1S/C18H14N4O4.C13H11N3O4.C8H10O4.C7H7N3O.C7H9NO/c23-11-3-1-2-9(6-11)8-19-14-15(17(25)16(14)24)20-10-4-5-13-12(7-10)18(26)22-21-13;1-2-20-12-9(10(17)11(12)18)14-6-3-4-8-7(5-6)13(19)16-15-8;1-3-11-7-5(9)6(10)8(7)12-4-2;8-4-1-2-6-5(3-4)7(11)10-9-6;8-5-6-2-1-3-7(9)4-6/h1-7,19-20,23H,8H2,(H2,21,22,26);3-5,14H,2H2,1H3,(H2,15,16,19);3-4H2,1-2H3;1-3H,8H2,(H2,9,10,11);1-4,9H,5,8H2. The zero-order chi connectivity index (χ0) is 56.2. The van der Waals surface area contributed by atoms with E-state index in [9.17, 15) is 48.3 Å². The number of nitrogen functional groups attached to an aromatic ring is 1. The minimum atomic E-state index is -0.630. The highest BCUT2D eigenvalue weighted by molar-refractivity contribution is 5.86. The Morgan fingerprint density at radius 2 is 0.859 bits per heavy atom. The average Bonchev–Trinajstić information content (AvgIpc) is 4.23. The van der Waals surface area contributed by atoms with Crippen LogP contribution in [0.15, 0.2) is 146 Å². The summed E-state index contributed by atoms with van der Waals surface area (Å²) in [6, 6.07) is 28.6. The minimum Gasteiger partial charge on any atom is -0.508 e. The lowest BCUT2D eigenvalue weighted by Gasteiger charge is -2.15. The van der Waals surface area contributed by atoms with E-state index in [-0.39, 0.29) is 69.0 Å². The van der Waals surface area contributed by atoms with Gasteiger partial charge in [0.1, 0.15) is 28.6 Å². The maximum atomic E-state index is 11.9. The fourth-order valence-corrected chi connectivity index (χ4v) is 7.45. The number of nitrogens with one attached hydrogen (secondary N) is 9. The van der Waals surface area contributed by atoms with E-state index >= 15 is 0 Å². The molecule has 3 heterocycles. The lowest BCUT2D eigenvalue weighted by Crippen LogP contribution is -2.36. The first-order chi connectivity index (χ1) is 37.5. The van der Waals surface area contributed by atoms with Crippen molar-refractivity contribution < 1.29 is 24.4 Å². The van der Waals surface area contributed by atoms with E-state index in [1.807, 2.05) is 6.07 Å². The summed E-state index contributed by atoms with van der Waals surface area (Å²) in [5.41, 5.74) is 12.4. The maximum absolute atomic E-state index is 11.9. The molecule has 0 saturated carbocycles. The van der Waals surface area contributed by atoms with E-state index in [4.69, 9.17) is 30.8 Å². The Hall–Kier alpha value is -10.7. The Morgan fingerprint density at radius 3 is 1.33 bits per heavy atom. The largest absolute Gasteiger partial charge is 0.508 e. The van der Waals surface area contributed by atoms with Crippen molar-refractivity contribution in [1.82, 2.24) is 30.6 Å². The number of nitrogens with two attached hydrogens (primary N) is 2. The molecule has 0 amide bonds. The number of phenols is 2. The van der Waals surface area contributed by atoms with Crippen molar-refractivity contribution in [2.75, 3.05) is 41.5 Å². The molecule has 0 radical (unpaired) electrons. The number of hydrogen-bond acceptors (Lipinski definition) is 19. The molecular formula is C53H51N11O14. The van der Waals surface area contributed by atoms with Crippen LogP contribution in [0.5, 0.6) is 28.7 Å². The van der Waals surface area contributed by atoms with Gasteiger partial charge in [0.15, 0.2) is 5.75 Å². The van der Waals surface area contributed by atoms with Crippen molar-refractivity contribution in [3.8, 4) is 28.7 Å². The van der Waals surface area contributed by atoms with Crippen molar-refractivity contribution in [1.29, 1.82) is 0 Å². The molecule has 78 heavy (non-hydrogen) atoms. The summed E-state index contributed by atoms with van der Waals surface area (Å²) in [5.74, 6) is 0.588. The van der Waals surface area contributed by atoms with Gasteiger partial charge in [-0.2, -0.15) is 0 Å². The molecule has 0 fully saturated rings. The smallest absolute Gasteiger partial charge is 0.275 e. The number of H-pyrrole nitrogens is 6. The Kier molecular flexibility index (Phi) is 17.3. The SMILES string of the molecule is CCOc1c(Nc2ccc3[nH][nH]c(=O)c3c2)c(=O)c1=O.CCOc1c(OCC)c(=O)c1=O.NCc1cccc(O)c1.Nc1ccc2[nH][nH]c(=O)c2c1.O=c1c(NCc2cccc(O)c2)c(Nc2ccc3[nH][nH]c(=O)c3c2)c1=O. The van der Waals surface area contributed by atoms with Crippen LogP contribution in [0.25, 0.3) is 32.7 Å². The second kappa shape index (κ2) is 24.6. The second-order valence-corrected chi connectivity index (χ2v) is 16.6. The molecular weight excluding hydrogens is 1010 g/mol. The third-order valence-corrected chi connectivity index (χ3v) is 11.3. The number of aromatic amines is 6. The number of aromatic nitrogens is 6. The lowest BCUT2D eigenvalue weighted by atomic mass is 10.1. The third-order valence-electron chi connectivity index (χ3n) is 11.3. The van der Waals surface area contributed by atoms with Gasteiger partial charge in [-0.05, 0) is 111 Å². The van der Waals surface area contributed by atoms with Gasteiger partial charge in [0, 0.05) is 30.2 Å². The van der Waals surface area contributed by atoms with Crippen molar-refractivity contribution in [2.45, 2.75) is 33.9 Å². The van der Waals surface area contributed by atoms with Crippen molar-refractivity contribution in [3.63, 3.8) is 0 Å². The van der Waals surface area contributed by atoms with Crippen molar-refractivity contribution in [3.05, 3.63) is 207 Å². The first kappa shape index (κ1) is 55.1. The summed E-state index contributed by atoms with van der Waals surface area (Å²) in [5, 5.41) is 44.1. The highest BCUT2D eigenvalue weighted by Gasteiger charge is 2.24. The molecule has 0 bridgehead atoms. The summed E-state index contributed by atoms with van der Waals surface area (Å²) in [4.78, 5) is 102. The van der Waals surface area contributed by atoms with Crippen LogP contribution in [0.4, 0.5) is 34.1 Å². The molecule has 25 heteroatoms. The molecule has 0 aliphatic carbocycles. The number of rotatable bonds is 14. The number of hydrogen-bond donors (Lipinski definition) is 13. The van der Waals surface area contributed by atoms with Crippen LogP contribution in [0.3, 0.4) is 0 Å². The van der Waals surface area contributed by atoms with Crippen LogP contribution >= 0.6 is 0 Å². The molecule has 0 saturated heterocycles. The molecule has 0 atom stereocenters. The molecule has 0 unspecified atom stereocenters.